The van der Waals surface area contributed by atoms with Crippen molar-refractivity contribution in [1.29, 1.82) is 0 Å². The molecule has 1 heterocycles. The molecule has 5 heteroatoms. The lowest BCUT2D eigenvalue weighted by Crippen LogP contribution is -2.45. The van der Waals surface area contributed by atoms with Crippen LogP contribution in [0.1, 0.15) is 15.9 Å². The fraction of sp³-hybridized carbons (Fsp3) is 0.208. The van der Waals surface area contributed by atoms with Crippen LogP contribution in [0.4, 0.5) is 11.4 Å². The summed E-state index contributed by atoms with van der Waals surface area (Å²) in [6.45, 7) is 5.15. The van der Waals surface area contributed by atoms with Gasteiger partial charge in [0.15, 0.2) is 0 Å². The number of amides is 1. The molecule has 1 fully saturated rings. The Bertz CT molecular complexity index is 951. The molecule has 1 N–H and O–H groups in total. The molecule has 148 valence electrons. The van der Waals surface area contributed by atoms with E-state index in [0.29, 0.717) is 5.56 Å². The Hall–Kier alpha value is -2.38. The van der Waals surface area contributed by atoms with E-state index in [1.54, 1.807) is 0 Å². The van der Waals surface area contributed by atoms with Crippen molar-refractivity contribution in [3.8, 4) is 0 Å². The number of benzene rings is 3. The highest BCUT2D eigenvalue weighted by molar-refractivity contribution is 14.1. The Morgan fingerprint density at radius 2 is 1.48 bits per heavy atom. The van der Waals surface area contributed by atoms with Gasteiger partial charge in [0.05, 0.1) is 5.56 Å². The van der Waals surface area contributed by atoms with Crippen LogP contribution < -0.4 is 10.2 Å². The normalized spacial score (nSPS) is 14.6. The van der Waals surface area contributed by atoms with Crippen LogP contribution >= 0.6 is 22.6 Å². The molecule has 1 saturated heterocycles. The molecule has 4 nitrogen and oxygen atoms in total. The van der Waals surface area contributed by atoms with Crippen LogP contribution in [0, 0.1) is 3.57 Å². The molecule has 0 saturated carbocycles. The first-order valence-electron chi connectivity index (χ1n) is 9.86. The first-order valence-corrected chi connectivity index (χ1v) is 10.9. The predicted molar refractivity (Wildman–Crippen MR) is 127 cm³/mol. The van der Waals surface area contributed by atoms with Crippen molar-refractivity contribution in [2.75, 3.05) is 36.4 Å². The second-order valence-corrected chi connectivity index (χ2v) is 8.39. The Balaban J connectivity index is 1.32. The van der Waals surface area contributed by atoms with Crippen molar-refractivity contribution < 1.29 is 4.79 Å². The third-order valence-corrected chi connectivity index (χ3v) is 6.17. The largest absolute Gasteiger partial charge is 0.369 e. The first-order chi connectivity index (χ1) is 14.2. The first kappa shape index (κ1) is 19.9. The van der Waals surface area contributed by atoms with E-state index in [0.717, 1.165) is 42.0 Å². The maximum atomic E-state index is 12.5. The molecule has 1 aliphatic rings. The summed E-state index contributed by atoms with van der Waals surface area (Å²) in [5, 5.41) is 2.99. The Morgan fingerprint density at radius 3 is 2.17 bits per heavy atom. The summed E-state index contributed by atoms with van der Waals surface area (Å²) in [7, 11) is 0. The lowest BCUT2D eigenvalue weighted by Gasteiger charge is -2.36. The van der Waals surface area contributed by atoms with Gasteiger partial charge < -0.3 is 10.2 Å². The average Bonchev–Trinajstić information content (AvgIpc) is 2.76. The van der Waals surface area contributed by atoms with Gasteiger partial charge >= 0.3 is 0 Å². The van der Waals surface area contributed by atoms with Gasteiger partial charge in [0.25, 0.3) is 5.91 Å². The molecule has 0 bridgehead atoms. The van der Waals surface area contributed by atoms with Gasteiger partial charge in [-0.15, -0.1) is 0 Å². The molecular weight excluding hydrogens is 473 g/mol. The van der Waals surface area contributed by atoms with Crippen LogP contribution in [0.5, 0.6) is 0 Å². The number of carbonyl (C=O) groups is 1. The topological polar surface area (TPSA) is 35.6 Å². The number of halogens is 1. The minimum atomic E-state index is -0.0720. The fourth-order valence-electron chi connectivity index (χ4n) is 3.61. The second kappa shape index (κ2) is 9.41. The molecule has 0 aromatic heterocycles. The second-order valence-electron chi connectivity index (χ2n) is 7.23. The van der Waals surface area contributed by atoms with Crippen molar-refractivity contribution in [2.24, 2.45) is 0 Å². The molecule has 0 radical (unpaired) electrons. The predicted octanol–water partition coefficient (Wildman–Crippen LogP) is 4.87. The van der Waals surface area contributed by atoms with Gasteiger partial charge in [0.1, 0.15) is 0 Å². The molecule has 3 aromatic carbocycles. The lowest BCUT2D eigenvalue weighted by molar-refractivity contribution is 0.102. The van der Waals surface area contributed by atoms with Crippen molar-refractivity contribution in [3.63, 3.8) is 0 Å². The highest BCUT2D eigenvalue weighted by Gasteiger charge is 2.17. The number of hydrogen-bond acceptors (Lipinski definition) is 3. The number of rotatable bonds is 5. The van der Waals surface area contributed by atoms with Crippen LogP contribution in [0.15, 0.2) is 78.9 Å². The summed E-state index contributed by atoms with van der Waals surface area (Å²) in [5.74, 6) is -0.0720. The summed E-state index contributed by atoms with van der Waals surface area (Å²) >= 11 is 2.19. The van der Waals surface area contributed by atoms with Crippen molar-refractivity contribution in [2.45, 2.75) is 6.54 Å². The van der Waals surface area contributed by atoms with E-state index in [4.69, 9.17) is 0 Å². The van der Waals surface area contributed by atoms with Gasteiger partial charge in [-0.05, 0) is 64.6 Å². The summed E-state index contributed by atoms with van der Waals surface area (Å²) in [4.78, 5) is 17.4. The van der Waals surface area contributed by atoms with E-state index < -0.39 is 0 Å². The van der Waals surface area contributed by atoms with E-state index in [9.17, 15) is 4.79 Å². The lowest BCUT2D eigenvalue weighted by atomic mass is 10.2. The fourth-order valence-corrected chi connectivity index (χ4v) is 4.24. The minimum absolute atomic E-state index is 0.0720. The van der Waals surface area contributed by atoms with Crippen LogP contribution in [-0.4, -0.2) is 37.0 Å². The summed E-state index contributed by atoms with van der Waals surface area (Å²) in [5.41, 5.74) is 4.10. The SMILES string of the molecule is O=C(Nc1ccc(N2CCN(Cc3ccccc3)CC2)cc1)c1ccccc1I. The maximum absolute atomic E-state index is 12.5. The third-order valence-electron chi connectivity index (χ3n) is 5.23. The number of piperazine rings is 1. The summed E-state index contributed by atoms with van der Waals surface area (Å²) < 4.78 is 0.951. The highest BCUT2D eigenvalue weighted by atomic mass is 127. The Kier molecular flexibility index (Phi) is 6.46. The molecule has 29 heavy (non-hydrogen) atoms. The molecule has 0 spiro atoms. The third kappa shape index (κ3) is 5.16. The van der Waals surface area contributed by atoms with Gasteiger partial charge in [-0.3, -0.25) is 9.69 Å². The zero-order valence-electron chi connectivity index (χ0n) is 16.2. The molecule has 0 atom stereocenters. The quantitative estimate of drug-likeness (QED) is 0.512. The number of nitrogens with zero attached hydrogens (tertiary/aromatic N) is 2. The molecular formula is C24H24IN3O. The molecule has 3 aromatic rings. The molecule has 1 aliphatic heterocycles. The van der Waals surface area contributed by atoms with E-state index in [1.165, 1.54) is 11.3 Å². The van der Waals surface area contributed by atoms with Crippen LogP contribution in [0.25, 0.3) is 0 Å². The van der Waals surface area contributed by atoms with Crippen molar-refractivity contribution in [3.05, 3.63) is 93.6 Å². The van der Waals surface area contributed by atoms with Crippen LogP contribution in [0.3, 0.4) is 0 Å². The Labute approximate surface area is 185 Å². The van der Waals surface area contributed by atoms with Gasteiger partial charge in [-0.2, -0.15) is 0 Å². The van der Waals surface area contributed by atoms with Gasteiger partial charge in [-0.25, -0.2) is 0 Å². The molecule has 0 aliphatic carbocycles. The number of anilines is 2. The molecule has 0 unspecified atom stereocenters. The number of carbonyl (C=O) groups excluding carboxylic acids is 1. The summed E-state index contributed by atoms with van der Waals surface area (Å²) in [6, 6.07) is 26.4. The maximum Gasteiger partial charge on any atom is 0.256 e. The standard InChI is InChI=1S/C24H24IN3O/c25-23-9-5-4-8-22(23)24(29)26-20-10-12-21(13-11-20)28-16-14-27(15-17-28)18-19-6-2-1-3-7-19/h1-13H,14-18H2,(H,26,29). The van der Waals surface area contributed by atoms with Crippen LogP contribution in [0.2, 0.25) is 0 Å². The zero-order chi connectivity index (χ0) is 20.1. The monoisotopic (exact) mass is 497 g/mol. The van der Waals surface area contributed by atoms with Gasteiger partial charge in [0, 0.05) is 47.7 Å². The number of hydrogen-bond donors (Lipinski definition) is 1. The van der Waals surface area contributed by atoms with E-state index in [2.05, 4.69) is 80.2 Å². The van der Waals surface area contributed by atoms with Gasteiger partial charge in [0.2, 0.25) is 0 Å². The minimum Gasteiger partial charge on any atom is -0.369 e. The zero-order valence-corrected chi connectivity index (χ0v) is 18.4. The van der Waals surface area contributed by atoms with Crippen LogP contribution in [-0.2, 0) is 6.54 Å². The van der Waals surface area contributed by atoms with Gasteiger partial charge in [-0.1, -0.05) is 42.5 Å². The van der Waals surface area contributed by atoms with E-state index in [-0.39, 0.29) is 5.91 Å². The highest BCUT2D eigenvalue weighted by Crippen LogP contribution is 2.21. The summed E-state index contributed by atoms with van der Waals surface area (Å²) in [6.07, 6.45) is 0. The smallest absolute Gasteiger partial charge is 0.256 e. The van der Waals surface area contributed by atoms with Crippen molar-refractivity contribution in [1.82, 2.24) is 4.90 Å². The van der Waals surface area contributed by atoms with E-state index >= 15 is 0 Å². The average molecular weight is 497 g/mol. The molecule has 4 rings (SSSR count). The van der Waals surface area contributed by atoms with Crippen molar-refractivity contribution >= 4 is 39.9 Å². The molecule has 1 amide bonds. The van der Waals surface area contributed by atoms with E-state index in [1.807, 2.05) is 36.4 Å². The number of nitrogens with one attached hydrogen (secondary N) is 1. The Morgan fingerprint density at radius 1 is 0.828 bits per heavy atom.